The van der Waals surface area contributed by atoms with Gasteiger partial charge in [0.25, 0.3) is 0 Å². The molecule has 0 heterocycles. The Balaban J connectivity index is 2.60. The average molecular weight is 328 g/mol. The van der Waals surface area contributed by atoms with Gasteiger partial charge in [-0.3, -0.25) is 4.90 Å². The van der Waals surface area contributed by atoms with Gasteiger partial charge in [0.15, 0.2) is 0 Å². The third-order valence-electron chi connectivity index (χ3n) is 2.76. The van der Waals surface area contributed by atoms with Crippen LogP contribution < -0.4 is 5.73 Å². The summed E-state index contributed by atoms with van der Waals surface area (Å²) < 4.78 is 1.09. The maximum Gasteiger partial charge on any atom is 0.140 e. The zero-order chi connectivity index (χ0) is 14.3. The lowest BCUT2D eigenvalue weighted by atomic mass is 10.1. The van der Waals surface area contributed by atoms with Crippen LogP contribution in [0.3, 0.4) is 0 Å². The summed E-state index contributed by atoms with van der Waals surface area (Å²) in [5.74, 6) is 0.868. The Bertz CT molecular complexity index is 404. The smallest absolute Gasteiger partial charge is 0.140 e. The van der Waals surface area contributed by atoms with Crippen LogP contribution in [0.25, 0.3) is 0 Å². The van der Waals surface area contributed by atoms with E-state index in [1.807, 2.05) is 12.1 Å². The molecule has 0 aliphatic heterocycles. The standard InChI is InChI=1S/C14H22BrN3O/c1-11(2)9-18(8-7-14(16)17-19)10-12-3-5-13(15)6-4-12/h3-6,11,19H,7-10H2,1-2H3,(H2,16,17). The first-order chi connectivity index (χ1) is 9.01. The van der Waals surface area contributed by atoms with Gasteiger partial charge in [-0.2, -0.15) is 0 Å². The highest BCUT2D eigenvalue weighted by Gasteiger charge is 2.09. The monoisotopic (exact) mass is 327 g/mol. The van der Waals surface area contributed by atoms with Crippen molar-refractivity contribution in [3.05, 3.63) is 34.3 Å². The topological polar surface area (TPSA) is 61.8 Å². The van der Waals surface area contributed by atoms with Crippen molar-refractivity contribution in [2.45, 2.75) is 26.8 Å². The van der Waals surface area contributed by atoms with Gasteiger partial charge in [-0.25, -0.2) is 0 Å². The van der Waals surface area contributed by atoms with E-state index in [1.54, 1.807) is 0 Å². The summed E-state index contributed by atoms with van der Waals surface area (Å²) >= 11 is 3.44. The Kier molecular flexibility index (Phi) is 6.87. The second-order valence-electron chi connectivity index (χ2n) is 5.10. The number of amidine groups is 1. The van der Waals surface area contributed by atoms with Gasteiger partial charge in [0.1, 0.15) is 5.84 Å². The molecule has 4 nitrogen and oxygen atoms in total. The lowest BCUT2D eigenvalue weighted by Gasteiger charge is -2.24. The number of hydrogen-bond acceptors (Lipinski definition) is 3. The molecule has 0 aromatic heterocycles. The summed E-state index contributed by atoms with van der Waals surface area (Å²) in [6, 6.07) is 8.32. The third-order valence-corrected chi connectivity index (χ3v) is 3.28. The van der Waals surface area contributed by atoms with Crippen molar-refractivity contribution in [1.82, 2.24) is 4.90 Å². The number of benzene rings is 1. The van der Waals surface area contributed by atoms with E-state index >= 15 is 0 Å². The summed E-state index contributed by atoms with van der Waals surface area (Å²) in [4.78, 5) is 2.33. The Morgan fingerprint density at radius 1 is 1.37 bits per heavy atom. The van der Waals surface area contributed by atoms with E-state index in [0.29, 0.717) is 12.3 Å². The van der Waals surface area contributed by atoms with Crippen molar-refractivity contribution in [2.75, 3.05) is 13.1 Å². The largest absolute Gasteiger partial charge is 0.409 e. The summed E-state index contributed by atoms with van der Waals surface area (Å²) in [6.07, 6.45) is 0.583. The molecule has 0 spiro atoms. The average Bonchev–Trinajstić information content (AvgIpc) is 2.37. The molecule has 0 saturated heterocycles. The second-order valence-corrected chi connectivity index (χ2v) is 6.01. The molecule has 5 heteroatoms. The summed E-state index contributed by atoms with van der Waals surface area (Å²) in [7, 11) is 0. The highest BCUT2D eigenvalue weighted by molar-refractivity contribution is 9.10. The predicted molar refractivity (Wildman–Crippen MR) is 82.3 cm³/mol. The van der Waals surface area contributed by atoms with E-state index in [2.05, 4.69) is 52.0 Å². The SMILES string of the molecule is CC(C)CN(CCC(N)=NO)Cc1ccc(Br)cc1. The lowest BCUT2D eigenvalue weighted by molar-refractivity contribution is 0.241. The van der Waals surface area contributed by atoms with Crippen molar-refractivity contribution in [3.8, 4) is 0 Å². The van der Waals surface area contributed by atoms with Crippen LogP contribution in [0.4, 0.5) is 0 Å². The molecule has 106 valence electrons. The minimum atomic E-state index is 0.282. The van der Waals surface area contributed by atoms with Crippen LogP contribution in [0.2, 0.25) is 0 Å². The first-order valence-corrected chi connectivity index (χ1v) is 7.23. The fourth-order valence-electron chi connectivity index (χ4n) is 1.92. The molecule has 0 radical (unpaired) electrons. The van der Waals surface area contributed by atoms with Crippen molar-refractivity contribution >= 4 is 21.8 Å². The number of halogens is 1. The summed E-state index contributed by atoms with van der Waals surface area (Å²) in [5, 5.41) is 11.6. The van der Waals surface area contributed by atoms with Crippen LogP contribution in [-0.4, -0.2) is 29.0 Å². The lowest BCUT2D eigenvalue weighted by Crippen LogP contribution is -2.31. The zero-order valence-corrected chi connectivity index (χ0v) is 13.1. The molecule has 3 N–H and O–H groups in total. The van der Waals surface area contributed by atoms with E-state index < -0.39 is 0 Å². The van der Waals surface area contributed by atoms with E-state index in [4.69, 9.17) is 10.9 Å². The van der Waals surface area contributed by atoms with Gasteiger partial charge in [-0.05, 0) is 23.6 Å². The molecule has 0 unspecified atom stereocenters. The summed E-state index contributed by atoms with van der Waals surface area (Å²) in [6.45, 7) is 7.05. The Morgan fingerprint density at radius 3 is 2.53 bits per heavy atom. The van der Waals surface area contributed by atoms with E-state index in [1.165, 1.54) is 5.56 Å². The predicted octanol–water partition coefficient (Wildman–Crippen LogP) is 3.04. The van der Waals surface area contributed by atoms with Gasteiger partial charge in [0, 0.05) is 30.5 Å². The molecule has 0 aliphatic rings. The molecule has 0 fully saturated rings. The third kappa shape index (κ3) is 6.59. The van der Waals surface area contributed by atoms with Gasteiger partial charge in [-0.1, -0.05) is 47.1 Å². The highest BCUT2D eigenvalue weighted by Crippen LogP contribution is 2.13. The van der Waals surface area contributed by atoms with Crippen LogP contribution in [0, 0.1) is 5.92 Å². The van der Waals surface area contributed by atoms with Crippen LogP contribution >= 0.6 is 15.9 Å². The highest BCUT2D eigenvalue weighted by atomic mass is 79.9. The first kappa shape index (κ1) is 16.0. The fraction of sp³-hybridized carbons (Fsp3) is 0.500. The number of oxime groups is 1. The van der Waals surface area contributed by atoms with Crippen LogP contribution in [0.15, 0.2) is 33.9 Å². The Labute approximate surface area is 123 Å². The molecule has 0 amide bonds. The van der Waals surface area contributed by atoms with Crippen molar-refractivity contribution in [2.24, 2.45) is 16.8 Å². The molecule has 1 rings (SSSR count). The summed E-state index contributed by atoms with van der Waals surface area (Å²) in [5.41, 5.74) is 6.80. The molecular formula is C14H22BrN3O. The van der Waals surface area contributed by atoms with Gasteiger partial charge in [0.05, 0.1) is 0 Å². The van der Waals surface area contributed by atoms with Crippen LogP contribution in [0.5, 0.6) is 0 Å². The maximum atomic E-state index is 8.59. The van der Waals surface area contributed by atoms with Crippen LogP contribution in [0.1, 0.15) is 25.8 Å². The van der Waals surface area contributed by atoms with Crippen molar-refractivity contribution in [1.29, 1.82) is 0 Å². The fourth-order valence-corrected chi connectivity index (χ4v) is 2.19. The number of nitrogens with two attached hydrogens (primary N) is 1. The molecule has 0 aliphatic carbocycles. The maximum absolute atomic E-state index is 8.59. The molecule has 0 bridgehead atoms. The molecule has 0 atom stereocenters. The molecule has 1 aromatic carbocycles. The molecule has 1 aromatic rings. The molecular weight excluding hydrogens is 306 g/mol. The van der Waals surface area contributed by atoms with Gasteiger partial charge >= 0.3 is 0 Å². The van der Waals surface area contributed by atoms with Crippen molar-refractivity contribution < 1.29 is 5.21 Å². The van der Waals surface area contributed by atoms with Gasteiger partial charge in [0.2, 0.25) is 0 Å². The quantitative estimate of drug-likeness (QED) is 0.350. The minimum Gasteiger partial charge on any atom is -0.409 e. The van der Waals surface area contributed by atoms with E-state index in [0.717, 1.165) is 24.1 Å². The minimum absolute atomic E-state index is 0.282. The molecule has 19 heavy (non-hydrogen) atoms. The van der Waals surface area contributed by atoms with Gasteiger partial charge in [-0.15, -0.1) is 0 Å². The Hall–Kier alpha value is -1.07. The normalized spacial score (nSPS) is 12.4. The van der Waals surface area contributed by atoms with E-state index in [-0.39, 0.29) is 5.84 Å². The second kappa shape index (κ2) is 8.17. The number of rotatable bonds is 7. The number of nitrogens with zero attached hydrogens (tertiary/aromatic N) is 2. The number of hydrogen-bond donors (Lipinski definition) is 2. The Morgan fingerprint density at radius 2 is 2.00 bits per heavy atom. The molecule has 0 saturated carbocycles. The zero-order valence-electron chi connectivity index (χ0n) is 11.5. The van der Waals surface area contributed by atoms with Crippen LogP contribution in [-0.2, 0) is 6.54 Å². The van der Waals surface area contributed by atoms with Crippen molar-refractivity contribution in [3.63, 3.8) is 0 Å². The van der Waals surface area contributed by atoms with E-state index in [9.17, 15) is 0 Å². The van der Waals surface area contributed by atoms with Gasteiger partial charge < -0.3 is 10.9 Å². The first-order valence-electron chi connectivity index (χ1n) is 6.44.